The first-order valence-corrected chi connectivity index (χ1v) is 9.52. The number of benzene rings is 1. The molecule has 1 aliphatic carbocycles. The number of carbonyl (C=O) groups is 1. The van der Waals surface area contributed by atoms with Crippen LogP contribution in [0.25, 0.3) is 5.69 Å². The molecular formula is C21H24FN5O. The minimum Gasteiger partial charge on any atom is -0.345 e. The number of aryl methyl sites for hydroxylation is 1. The number of rotatable bonds is 4. The van der Waals surface area contributed by atoms with Gasteiger partial charge in [-0.05, 0) is 43.4 Å². The summed E-state index contributed by atoms with van der Waals surface area (Å²) in [5, 5.41) is 11.8. The summed E-state index contributed by atoms with van der Waals surface area (Å²) < 4.78 is 17.2. The average molecular weight is 381 g/mol. The Balaban J connectivity index is 1.66. The third-order valence-electron chi connectivity index (χ3n) is 5.26. The summed E-state index contributed by atoms with van der Waals surface area (Å²) in [5.41, 5.74) is 3.21. The van der Waals surface area contributed by atoms with Crippen molar-refractivity contribution in [3.8, 4) is 5.69 Å². The molecule has 0 radical (unpaired) electrons. The van der Waals surface area contributed by atoms with Gasteiger partial charge < -0.3 is 5.32 Å². The molecule has 146 valence electrons. The van der Waals surface area contributed by atoms with Crippen LogP contribution in [0.5, 0.6) is 0 Å². The molecule has 7 heteroatoms. The quantitative estimate of drug-likeness (QED) is 0.750. The van der Waals surface area contributed by atoms with Crippen molar-refractivity contribution in [2.45, 2.75) is 46.2 Å². The number of aromatic nitrogens is 4. The Morgan fingerprint density at radius 2 is 2.14 bits per heavy atom. The van der Waals surface area contributed by atoms with Crippen LogP contribution in [0.1, 0.15) is 54.8 Å². The fraction of sp³-hybridized carbons (Fsp3) is 0.381. The normalized spacial score (nSPS) is 17.9. The Hall–Kier alpha value is -2.96. The fourth-order valence-corrected chi connectivity index (χ4v) is 3.90. The monoisotopic (exact) mass is 381 g/mol. The highest BCUT2D eigenvalue weighted by Gasteiger charge is 2.36. The lowest BCUT2D eigenvalue weighted by atomic mass is 9.74. The molecule has 0 spiro atoms. The molecule has 0 saturated heterocycles. The van der Waals surface area contributed by atoms with E-state index in [0.29, 0.717) is 17.8 Å². The van der Waals surface area contributed by atoms with Crippen LogP contribution in [-0.2, 0) is 13.0 Å². The minimum atomic E-state index is -0.297. The zero-order chi connectivity index (χ0) is 19.9. The van der Waals surface area contributed by atoms with E-state index in [1.165, 1.54) is 12.1 Å². The van der Waals surface area contributed by atoms with Crippen molar-refractivity contribution in [2.24, 2.45) is 5.41 Å². The predicted octanol–water partition coefficient (Wildman–Crippen LogP) is 3.67. The van der Waals surface area contributed by atoms with Gasteiger partial charge in [0.05, 0.1) is 35.4 Å². The van der Waals surface area contributed by atoms with Gasteiger partial charge in [-0.15, -0.1) is 0 Å². The Morgan fingerprint density at radius 3 is 2.86 bits per heavy atom. The largest absolute Gasteiger partial charge is 0.345 e. The van der Waals surface area contributed by atoms with Gasteiger partial charge in [-0.1, -0.05) is 19.9 Å². The van der Waals surface area contributed by atoms with Gasteiger partial charge in [-0.25, -0.2) is 9.07 Å². The van der Waals surface area contributed by atoms with E-state index in [2.05, 4.69) is 29.4 Å². The predicted molar refractivity (Wildman–Crippen MR) is 104 cm³/mol. The molecule has 0 aliphatic heterocycles. The van der Waals surface area contributed by atoms with E-state index in [-0.39, 0.29) is 23.2 Å². The second-order valence-corrected chi connectivity index (χ2v) is 8.09. The van der Waals surface area contributed by atoms with Crippen LogP contribution >= 0.6 is 0 Å². The third kappa shape index (κ3) is 3.44. The first-order valence-electron chi connectivity index (χ1n) is 9.52. The van der Waals surface area contributed by atoms with Crippen LogP contribution in [0, 0.1) is 11.2 Å². The number of carbonyl (C=O) groups excluding carboxylic acids is 1. The maximum absolute atomic E-state index is 13.7. The fourth-order valence-electron chi connectivity index (χ4n) is 3.90. The van der Waals surface area contributed by atoms with E-state index in [1.807, 2.05) is 13.0 Å². The smallest absolute Gasteiger partial charge is 0.254 e. The van der Waals surface area contributed by atoms with Crippen LogP contribution in [0.3, 0.4) is 0 Å². The zero-order valence-electron chi connectivity index (χ0n) is 16.3. The lowest BCUT2D eigenvalue weighted by Gasteiger charge is -2.35. The molecule has 1 amide bonds. The summed E-state index contributed by atoms with van der Waals surface area (Å²) in [6, 6.07) is 6.26. The van der Waals surface area contributed by atoms with Crippen LogP contribution < -0.4 is 5.32 Å². The second-order valence-electron chi connectivity index (χ2n) is 8.09. The lowest BCUT2D eigenvalue weighted by molar-refractivity contribution is 0.0919. The van der Waals surface area contributed by atoms with E-state index >= 15 is 0 Å². The first-order chi connectivity index (χ1) is 13.4. The van der Waals surface area contributed by atoms with Gasteiger partial charge in [0, 0.05) is 18.3 Å². The van der Waals surface area contributed by atoms with Crippen LogP contribution in [-0.4, -0.2) is 25.5 Å². The Labute approximate surface area is 163 Å². The van der Waals surface area contributed by atoms with Crippen LogP contribution in [0.4, 0.5) is 4.39 Å². The maximum atomic E-state index is 13.7. The van der Waals surface area contributed by atoms with Gasteiger partial charge in [0.15, 0.2) is 0 Å². The standard InChI is InChI=1S/C21H24FN5O/c1-4-26-13-14(11-23-26)20(28)25-18-9-21(2,3)10-19-17(18)12-24-27(19)16-7-5-6-15(22)8-16/h5-8,11-13,18H,4,9-10H2,1-3H3,(H,25,28)/t18-/m1/s1. The van der Waals surface area contributed by atoms with Crippen molar-refractivity contribution in [3.63, 3.8) is 0 Å². The molecule has 1 atom stereocenters. The van der Waals surface area contributed by atoms with Crippen molar-refractivity contribution in [2.75, 3.05) is 0 Å². The SMILES string of the molecule is CCn1cc(C(=O)N[C@@H]2CC(C)(C)Cc3c2cnn3-c2cccc(F)c2)cn1. The number of nitrogens with one attached hydrogen (secondary N) is 1. The molecule has 0 saturated carbocycles. The molecule has 4 rings (SSSR count). The van der Waals surface area contributed by atoms with Gasteiger partial charge in [0.2, 0.25) is 0 Å². The molecule has 0 unspecified atom stereocenters. The molecule has 6 nitrogen and oxygen atoms in total. The summed E-state index contributed by atoms with van der Waals surface area (Å²) >= 11 is 0. The molecule has 1 aliphatic rings. The van der Waals surface area contributed by atoms with E-state index in [4.69, 9.17) is 0 Å². The Kier molecular flexibility index (Phi) is 4.53. The molecule has 2 heterocycles. The number of hydrogen-bond donors (Lipinski definition) is 1. The number of nitrogens with zero attached hydrogens (tertiary/aromatic N) is 4. The van der Waals surface area contributed by atoms with Gasteiger partial charge in [0.25, 0.3) is 5.91 Å². The zero-order valence-corrected chi connectivity index (χ0v) is 16.3. The molecule has 28 heavy (non-hydrogen) atoms. The third-order valence-corrected chi connectivity index (χ3v) is 5.26. The second kappa shape index (κ2) is 6.89. The van der Waals surface area contributed by atoms with Crippen molar-refractivity contribution in [1.29, 1.82) is 0 Å². The van der Waals surface area contributed by atoms with Gasteiger partial charge >= 0.3 is 0 Å². The summed E-state index contributed by atoms with van der Waals surface area (Å²) in [6.45, 7) is 7.04. The van der Waals surface area contributed by atoms with Crippen molar-refractivity contribution in [3.05, 3.63) is 65.5 Å². The highest BCUT2D eigenvalue weighted by atomic mass is 19.1. The number of fused-ring (bicyclic) bond motifs is 1. The van der Waals surface area contributed by atoms with Gasteiger partial charge in [0.1, 0.15) is 5.82 Å². The van der Waals surface area contributed by atoms with E-state index in [1.54, 1.807) is 34.0 Å². The molecule has 1 N–H and O–H groups in total. The number of hydrogen-bond acceptors (Lipinski definition) is 3. The van der Waals surface area contributed by atoms with Crippen molar-refractivity contribution in [1.82, 2.24) is 24.9 Å². The topological polar surface area (TPSA) is 64.7 Å². The van der Waals surface area contributed by atoms with Gasteiger partial charge in [-0.2, -0.15) is 10.2 Å². The van der Waals surface area contributed by atoms with E-state index < -0.39 is 0 Å². The highest BCUT2D eigenvalue weighted by Crippen LogP contribution is 2.41. The minimum absolute atomic E-state index is 0.0242. The maximum Gasteiger partial charge on any atom is 0.254 e. The summed E-state index contributed by atoms with van der Waals surface area (Å²) in [7, 11) is 0. The highest BCUT2D eigenvalue weighted by molar-refractivity contribution is 5.94. The summed E-state index contributed by atoms with van der Waals surface area (Å²) in [4.78, 5) is 12.7. The Bertz CT molecular complexity index is 1020. The molecule has 2 aromatic heterocycles. The molecule has 0 fully saturated rings. The van der Waals surface area contributed by atoms with E-state index in [9.17, 15) is 9.18 Å². The lowest BCUT2D eigenvalue weighted by Crippen LogP contribution is -2.36. The first kappa shape index (κ1) is 18.4. The molecular weight excluding hydrogens is 357 g/mol. The van der Waals surface area contributed by atoms with Crippen molar-refractivity contribution < 1.29 is 9.18 Å². The summed E-state index contributed by atoms with van der Waals surface area (Å²) in [6.07, 6.45) is 6.74. The molecule has 0 bridgehead atoms. The van der Waals surface area contributed by atoms with Crippen LogP contribution in [0.2, 0.25) is 0 Å². The number of halogens is 1. The van der Waals surface area contributed by atoms with E-state index in [0.717, 1.165) is 24.1 Å². The molecule has 3 aromatic rings. The average Bonchev–Trinajstić information content (AvgIpc) is 3.27. The number of amides is 1. The molecule has 1 aromatic carbocycles. The van der Waals surface area contributed by atoms with Crippen LogP contribution in [0.15, 0.2) is 42.9 Å². The van der Waals surface area contributed by atoms with Crippen molar-refractivity contribution >= 4 is 5.91 Å². The summed E-state index contributed by atoms with van der Waals surface area (Å²) in [5.74, 6) is -0.443. The Morgan fingerprint density at radius 1 is 1.32 bits per heavy atom. The van der Waals surface area contributed by atoms with Gasteiger partial charge in [-0.3, -0.25) is 9.48 Å².